The molecule has 0 spiro atoms. The van der Waals surface area contributed by atoms with Crippen molar-refractivity contribution < 1.29 is 9.84 Å². The van der Waals surface area contributed by atoms with Crippen molar-refractivity contribution in [2.75, 3.05) is 20.3 Å². The highest BCUT2D eigenvalue weighted by Gasteiger charge is 2.17. The van der Waals surface area contributed by atoms with Crippen molar-refractivity contribution in [3.05, 3.63) is 0 Å². The molecule has 0 radical (unpaired) electrons. The Hall–Kier alpha value is -0.160. The molecule has 1 aliphatic carbocycles. The van der Waals surface area contributed by atoms with E-state index in [2.05, 4.69) is 5.32 Å². The van der Waals surface area contributed by atoms with Gasteiger partial charge in [0.2, 0.25) is 0 Å². The maximum atomic E-state index is 9.44. The van der Waals surface area contributed by atoms with Crippen molar-refractivity contribution in [3.63, 3.8) is 0 Å². The largest absolute Gasteiger partial charge is 0.391 e. The SMILES string of the molecule is COCC(O)CCNC1CCC(N)CC1. The Bertz CT molecular complexity index is 159. The lowest BCUT2D eigenvalue weighted by Gasteiger charge is -2.27. The van der Waals surface area contributed by atoms with Crippen LogP contribution >= 0.6 is 0 Å². The molecule has 1 unspecified atom stereocenters. The molecular weight excluding hydrogens is 192 g/mol. The van der Waals surface area contributed by atoms with Gasteiger partial charge in [0.05, 0.1) is 12.7 Å². The zero-order valence-electron chi connectivity index (χ0n) is 9.61. The first-order chi connectivity index (χ1) is 7.22. The highest BCUT2D eigenvalue weighted by Crippen LogP contribution is 2.16. The van der Waals surface area contributed by atoms with Crippen LogP contribution < -0.4 is 11.1 Å². The maximum Gasteiger partial charge on any atom is 0.0785 e. The minimum atomic E-state index is -0.339. The van der Waals surface area contributed by atoms with Gasteiger partial charge >= 0.3 is 0 Å². The maximum absolute atomic E-state index is 9.44. The van der Waals surface area contributed by atoms with E-state index in [0.29, 0.717) is 18.7 Å². The summed E-state index contributed by atoms with van der Waals surface area (Å²) in [6, 6.07) is 1.00. The molecule has 0 bridgehead atoms. The van der Waals surface area contributed by atoms with Gasteiger partial charge in [-0.3, -0.25) is 0 Å². The zero-order valence-corrected chi connectivity index (χ0v) is 9.61. The van der Waals surface area contributed by atoms with Crippen LogP contribution in [0.1, 0.15) is 32.1 Å². The second-order valence-corrected chi connectivity index (χ2v) is 4.46. The molecule has 1 saturated carbocycles. The van der Waals surface area contributed by atoms with E-state index < -0.39 is 0 Å². The number of aliphatic hydroxyl groups excluding tert-OH is 1. The first kappa shape index (κ1) is 12.9. The Kier molecular flexibility index (Phi) is 6.17. The second kappa shape index (κ2) is 7.17. The number of methoxy groups -OCH3 is 1. The first-order valence-corrected chi connectivity index (χ1v) is 5.88. The topological polar surface area (TPSA) is 67.5 Å². The van der Waals surface area contributed by atoms with Crippen molar-refractivity contribution in [1.29, 1.82) is 0 Å². The third-order valence-electron chi connectivity index (χ3n) is 3.04. The Morgan fingerprint density at radius 3 is 2.67 bits per heavy atom. The van der Waals surface area contributed by atoms with Gasteiger partial charge in [-0.25, -0.2) is 0 Å². The van der Waals surface area contributed by atoms with Gasteiger partial charge in [-0.05, 0) is 38.6 Å². The fraction of sp³-hybridized carbons (Fsp3) is 1.00. The number of nitrogens with two attached hydrogens (primary N) is 1. The van der Waals surface area contributed by atoms with E-state index >= 15 is 0 Å². The van der Waals surface area contributed by atoms with Gasteiger partial charge < -0.3 is 20.9 Å². The summed E-state index contributed by atoms with van der Waals surface area (Å²) in [4.78, 5) is 0. The molecule has 1 fully saturated rings. The normalized spacial score (nSPS) is 29.0. The lowest BCUT2D eigenvalue weighted by atomic mass is 9.92. The number of hydrogen-bond donors (Lipinski definition) is 3. The highest BCUT2D eigenvalue weighted by atomic mass is 16.5. The lowest BCUT2D eigenvalue weighted by Crippen LogP contribution is -2.38. The summed E-state index contributed by atoms with van der Waals surface area (Å²) >= 11 is 0. The minimum absolute atomic E-state index is 0.339. The van der Waals surface area contributed by atoms with Crippen molar-refractivity contribution in [2.24, 2.45) is 5.73 Å². The fourth-order valence-corrected chi connectivity index (χ4v) is 2.05. The van der Waals surface area contributed by atoms with Gasteiger partial charge in [0.1, 0.15) is 0 Å². The Morgan fingerprint density at radius 1 is 1.40 bits per heavy atom. The lowest BCUT2D eigenvalue weighted by molar-refractivity contribution is 0.0587. The van der Waals surface area contributed by atoms with Gasteiger partial charge in [-0.2, -0.15) is 0 Å². The smallest absolute Gasteiger partial charge is 0.0785 e. The molecule has 4 N–H and O–H groups in total. The highest BCUT2D eigenvalue weighted by molar-refractivity contribution is 4.78. The average Bonchev–Trinajstić information content (AvgIpc) is 2.21. The Balaban J connectivity index is 2.00. The molecule has 0 amide bonds. The second-order valence-electron chi connectivity index (χ2n) is 4.46. The number of aliphatic hydroxyl groups is 1. The average molecular weight is 216 g/mol. The van der Waals surface area contributed by atoms with E-state index in [1.54, 1.807) is 7.11 Å². The monoisotopic (exact) mass is 216 g/mol. The molecule has 90 valence electrons. The molecule has 15 heavy (non-hydrogen) atoms. The summed E-state index contributed by atoms with van der Waals surface area (Å²) < 4.78 is 4.87. The van der Waals surface area contributed by atoms with E-state index in [1.165, 1.54) is 12.8 Å². The number of hydrogen-bond acceptors (Lipinski definition) is 4. The summed E-state index contributed by atoms with van der Waals surface area (Å²) in [5.74, 6) is 0. The summed E-state index contributed by atoms with van der Waals surface area (Å²) in [7, 11) is 1.61. The Morgan fingerprint density at radius 2 is 2.07 bits per heavy atom. The van der Waals surface area contributed by atoms with Crippen LogP contribution in [0.15, 0.2) is 0 Å². The van der Waals surface area contributed by atoms with Crippen molar-refractivity contribution >= 4 is 0 Å². The van der Waals surface area contributed by atoms with E-state index in [-0.39, 0.29) is 6.10 Å². The summed E-state index contributed by atoms with van der Waals surface area (Å²) in [6.07, 6.45) is 5.00. The van der Waals surface area contributed by atoms with Crippen LogP contribution in [0.5, 0.6) is 0 Å². The van der Waals surface area contributed by atoms with Crippen LogP contribution in [-0.2, 0) is 4.74 Å². The summed E-state index contributed by atoms with van der Waals surface area (Å²) in [6.45, 7) is 1.29. The molecule has 4 heteroatoms. The first-order valence-electron chi connectivity index (χ1n) is 5.88. The molecule has 0 aromatic rings. The zero-order chi connectivity index (χ0) is 11.1. The van der Waals surface area contributed by atoms with Gasteiger partial charge in [-0.1, -0.05) is 0 Å². The molecule has 1 aliphatic rings. The van der Waals surface area contributed by atoms with Crippen molar-refractivity contribution in [1.82, 2.24) is 5.32 Å². The molecule has 1 atom stereocenters. The third-order valence-corrected chi connectivity index (χ3v) is 3.04. The van der Waals surface area contributed by atoms with Gasteiger partial charge in [0.25, 0.3) is 0 Å². The summed E-state index contributed by atoms with van der Waals surface area (Å²) in [5, 5.41) is 12.9. The fourth-order valence-electron chi connectivity index (χ4n) is 2.05. The van der Waals surface area contributed by atoms with Crippen LogP contribution in [-0.4, -0.2) is 43.6 Å². The molecule has 0 aromatic heterocycles. The molecule has 0 heterocycles. The summed E-state index contributed by atoms with van der Waals surface area (Å²) in [5.41, 5.74) is 5.83. The standard InChI is InChI=1S/C11H24N2O2/c1-15-8-11(14)6-7-13-10-4-2-9(12)3-5-10/h9-11,13-14H,2-8,12H2,1H3. The van der Waals surface area contributed by atoms with Crippen LogP contribution in [0.25, 0.3) is 0 Å². The van der Waals surface area contributed by atoms with E-state index in [4.69, 9.17) is 10.5 Å². The van der Waals surface area contributed by atoms with Crippen LogP contribution in [0.3, 0.4) is 0 Å². The molecule has 0 aromatic carbocycles. The van der Waals surface area contributed by atoms with Crippen LogP contribution in [0.4, 0.5) is 0 Å². The van der Waals surface area contributed by atoms with E-state index in [0.717, 1.165) is 25.8 Å². The molecule has 4 nitrogen and oxygen atoms in total. The quantitative estimate of drug-likeness (QED) is 0.595. The molecular formula is C11H24N2O2. The van der Waals surface area contributed by atoms with E-state index in [1.807, 2.05) is 0 Å². The van der Waals surface area contributed by atoms with Gasteiger partial charge in [0.15, 0.2) is 0 Å². The Labute approximate surface area is 92.2 Å². The minimum Gasteiger partial charge on any atom is -0.391 e. The van der Waals surface area contributed by atoms with E-state index in [9.17, 15) is 5.11 Å². The van der Waals surface area contributed by atoms with Crippen molar-refractivity contribution in [3.8, 4) is 0 Å². The number of nitrogens with one attached hydrogen (secondary N) is 1. The number of rotatable bonds is 6. The predicted octanol–water partition coefficient (Wildman–Crippen LogP) is 0.243. The van der Waals surface area contributed by atoms with Gasteiger partial charge in [-0.15, -0.1) is 0 Å². The molecule has 1 rings (SSSR count). The van der Waals surface area contributed by atoms with Crippen LogP contribution in [0.2, 0.25) is 0 Å². The van der Waals surface area contributed by atoms with Crippen LogP contribution in [0, 0.1) is 0 Å². The number of ether oxygens (including phenoxy) is 1. The van der Waals surface area contributed by atoms with Gasteiger partial charge in [0, 0.05) is 19.2 Å². The predicted molar refractivity (Wildman–Crippen MR) is 60.7 cm³/mol. The third kappa shape index (κ3) is 5.47. The molecule has 0 saturated heterocycles. The van der Waals surface area contributed by atoms with Crippen molar-refractivity contribution in [2.45, 2.75) is 50.3 Å². The molecule has 0 aliphatic heterocycles.